The topological polar surface area (TPSA) is 49.4 Å². The molecule has 2 atom stereocenters. The van der Waals surface area contributed by atoms with Crippen molar-refractivity contribution >= 4 is 10.0 Å². The van der Waals surface area contributed by atoms with Crippen LogP contribution in [0.25, 0.3) is 0 Å². The van der Waals surface area contributed by atoms with Gasteiger partial charge in [-0.15, -0.1) is 0 Å². The highest BCUT2D eigenvalue weighted by atomic mass is 32.2. The molecule has 0 aromatic carbocycles. The molecule has 1 saturated heterocycles. The maximum atomic E-state index is 12.4. The fraction of sp³-hybridized carbons (Fsp3) is 1.00. The molecule has 1 N–H and O–H groups in total. The summed E-state index contributed by atoms with van der Waals surface area (Å²) in [5.74, 6) is 0.652. The summed E-state index contributed by atoms with van der Waals surface area (Å²) >= 11 is 0. The summed E-state index contributed by atoms with van der Waals surface area (Å²) in [7, 11) is -3.12. The van der Waals surface area contributed by atoms with Crippen molar-refractivity contribution in [2.24, 2.45) is 5.92 Å². The first-order chi connectivity index (χ1) is 8.48. The standard InChI is InChI=1S/C13H28N2O2S/c1-4-8-14-11-13(3)18(16,17)15-9-5-6-12(2)7-10-15/h12-14H,4-11H2,1-3H3. The van der Waals surface area contributed by atoms with Crippen molar-refractivity contribution in [2.75, 3.05) is 26.2 Å². The van der Waals surface area contributed by atoms with Crippen LogP contribution in [0.3, 0.4) is 0 Å². The van der Waals surface area contributed by atoms with Crippen LogP contribution in [-0.2, 0) is 10.0 Å². The lowest BCUT2D eigenvalue weighted by molar-refractivity contribution is 0.408. The van der Waals surface area contributed by atoms with Gasteiger partial charge in [-0.3, -0.25) is 0 Å². The van der Waals surface area contributed by atoms with Gasteiger partial charge >= 0.3 is 0 Å². The van der Waals surface area contributed by atoms with Gasteiger partial charge in [0.2, 0.25) is 10.0 Å². The maximum absolute atomic E-state index is 12.4. The molecule has 0 radical (unpaired) electrons. The van der Waals surface area contributed by atoms with Gasteiger partial charge in [0.05, 0.1) is 5.25 Å². The quantitative estimate of drug-likeness (QED) is 0.753. The lowest BCUT2D eigenvalue weighted by Gasteiger charge is -2.24. The Morgan fingerprint density at radius 2 is 2.06 bits per heavy atom. The molecule has 0 spiro atoms. The van der Waals surface area contributed by atoms with Crippen LogP contribution >= 0.6 is 0 Å². The maximum Gasteiger partial charge on any atom is 0.217 e. The zero-order chi connectivity index (χ0) is 13.6. The van der Waals surface area contributed by atoms with E-state index in [-0.39, 0.29) is 5.25 Å². The highest BCUT2D eigenvalue weighted by Crippen LogP contribution is 2.20. The van der Waals surface area contributed by atoms with Crippen LogP contribution in [0.5, 0.6) is 0 Å². The summed E-state index contributed by atoms with van der Waals surface area (Å²) in [4.78, 5) is 0. The monoisotopic (exact) mass is 276 g/mol. The predicted molar refractivity (Wildman–Crippen MR) is 76.1 cm³/mol. The van der Waals surface area contributed by atoms with Crippen molar-refractivity contribution in [1.82, 2.24) is 9.62 Å². The predicted octanol–water partition coefficient (Wildman–Crippen LogP) is 1.83. The average molecular weight is 276 g/mol. The van der Waals surface area contributed by atoms with E-state index in [1.54, 1.807) is 4.31 Å². The molecule has 4 nitrogen and oxygen atoms in total. The molecule has 1 rings (SSSR count). The van der Waals surface area contributed by atoms with Crippen LogP contribution in [0.1, 0.15) is 46.5 Å². The second-order valence-corrected chi connectivity index (χ2v) is 7.85. The fourth-order valence-corrected chi connectivity index (χ4v) is 3.91. The minimum Gasteiger partial charge on any atom is -0.315 e. The van der Waals surface area contributed by atoms with E-state index in [9.17, 15) is 8.42 Å². The summed E-state index contributed by atoms with van der Waals surface area (Å²) in [6, 6.07) is 0. The Balaban J connectivity index is 2.55. The van der Waals surface area contributed by atoms with Crippen LogP contribution in [0.4, 0.5) is 0 Å². The highest BCUT2D eigenvalue weighted by molar-refractivity contribution is 7.89. The third-order valence-electron chi connectivity index (χ3n) is 3.70. The molecule has 18 heavy (non-hydrogen) atoms. The molecule has 1 fully saturated rings. The van der Waals surface area contributed by atoms with Crippen molar-refractivity contribution in [3.63, 3.8) is 0 Å². The normalized spacial score (nSPS) is 24.7. The first-order valence-electron chi connectivity index (χ1n) is 7.18. The molecule has 0 aromatic heterocycles. The Hall–Kier alpha value is -0.130. The van der Waals surface area contributed by atoms with Crippen molar-refractivity contribution < 1.29 is 8.42 Å². The van der Waals surface area contributed by atoms with Crippen molar-refractivity contribution in [2.45, 2.75) is 51.7 Å². The van der Waals surface area contributed by atoms with Gasteiger partial charge in [0, 0.05) is 19.6 Å². The lowest BCUT2D eigenvalue weighted by atomic mass is 10.0. The molecule has 0 aromatic rings. The van der Waals surface area contributed by atoms with E-state index < -0.39 is 10.0 Å². The summed E-state index contributed by atoms with van der Waals surface area (Å²) in [5.41, 5.74) is 0. The van der Waals surface area contributed by atoms with E-state index in [1.165, 1.54) is 0 Å². The summed E-state index contributed by atoms with van der Waals surface area (Å²) in [5, 5.41) is 2.88. The molecular weight excluding hydrogens is 248 g/mol. The number of hydrogen-bond acceptors (Lipinski definition) is 3. The summed E-state index contributed by atoms with van der Waals surface area (Å²) in [6.45, 7) is 8.95. The molecule has 0 aliphatic carbocycles. The van der Waals surface area contributed by atoms with Gasteiger partial charge in [0.25, 0.3) is 0 Å². The van der Waals surface area contributed by atoms with Gasteiger partial charge in [-0.1, -0.05) is 13.8 Å². The Bertz CT molecular complexity index is 330. The van der Waals surface area contributed by atoms with Crippen molar-refractivity contribution in [1.29, 1.82) is 0 Å². The first kappa shape index (κ1) is 15.9. The fourth-order valence-electron chi connectivity index (χ4n) is 2.33. The lowest BCUT2D eigenvalue weighted by Crippen LogP contribution is -2.42. The third kappa shape index (κ3) is 4.52. The van der Waals surface area contributed by atoms with Crippen LogP contribution < -0.4 is 5.32 Å². The number of nitrogens with zero attached hydrogens (tertiary/aromatic N) is 1. The van der Waals surface area contributed by atoms with Gasteiger partial charge < -0.3 is 5.32 Å². The molecule has 108 valence electrons. The molecule has 1 aliphatic heterocycles. The van der Waals surface area contributed by atoms with E-state index in [1.807, 2.05) is 6.92 Å². The van der Waals surface area contributed by atoms with E-state index in [0.717, 1.165) is 32.2 Å². The van der Waals surface area contributed by atoms with E-state index in [2.05, 4.69) is 19.2 Å². The van der Waals surface area contributed by atoms with Crippen LogP contribution in [0.2, 0.25) is 0 Å². The van der Waals surface area contributed by atoms with Crippen LogP contribution in [0, 0.1) is 5.92 Å². The Kier molecular flexibility index (Phi) is 6.60. The van der Waals surface area contributed by atoms with Gasteiger partial charge in [-0.2, -0.15) is 0 Å². The Labute approximate surface area is 112 Å². The molecule has 0 amide bonds. The van der Waals surface area contributed by atoms with Crippen LogP contribution in [0.15, 0.2) is 0 Å². The van der Waals surface area contributed by atoms with Crippen LogP contribution in [-0.4, -0.2) is 44.2 Å². The van der Waals surface area contributed by atoms with E-state index in [0.29, 0.717) is 25.6 Å². The van der Waals surface area contributed by atoms with Crippen molar-refractivity contribution in [3.8, 4) is 0 Å². The first-order valence-corrected chi connectivity index (χ1v) is 8.68. The number of nitrogens with one attached hydrogen (secondary N) is 1. The Morgan fingerprint density at radius 3 is 2.72 bits per heavy atom. The average Bonchev–Trinajstić information content (AvgIpc) is 2.54. The molecule has 1 aliphatic rings. The van der Waals surface area contributed by atoms with Gasteiger partial charge in [-0.25, -0.2) is 12.7 Å². The third-order valence-corrected chi connectivity index (χ3v) is 5.97. The SMILES string of the molecule is CCCNCC(C)S(=O)(=O)N1CCCC(C)CC1. The largest absolute Gasteiger partial charge is 0.315 e. The molecule has 0 bridgehead atoms. The molecular formula is C13H28N2O2S. The van der Waals surface area contributed by atoms with Gasteiger partial charge in [0.15, 0.2) is 0 Å². The Morgan fingerprint density at radius 1 is 1.33 bits per heavy atom. The molecule has 5 heteroatoms. The zero-order valence-electron chi connectivity index (χ0n) is 12.0. The number of rotatable bonds is 6. The number of hydrogen-bond donors (Lipinski definition) is 1. The minimum absolute atomic E-state index is 0.322. The molecule has 1 heterocycles. The second-order valence-electron chi connectivity index (χ2n) is 5.49. The molecule has 0 saturated carbocycles. The van der Waals surface area contributed by atoms with E-state index in [4.69, 9.17) is 0 Å². The summed E-state index contributed by atoms with van der Waals surface area (Å²) < 4.78 is 26.6. The second kappa shape index (κ2) is 7.46. The van der Waals surface area contributed by atoms with Gasteiger partial charge in [0.1, 0.15) is 0 Å². The highest BCUT2D eigenvalue weighted by Gasteiger charge is 2.29. The molecule has 2 unspecified atom stereocenters. The number of sulfonamides is 1. The van der Waals surface area contributed by atoms with E-state index >= 15 is 0 Å². The van der Waals surface area contributed by atoms with Gasteiger partial charge in [-0.05, 0) is 45.1 Å². The minimum atomic E-state index is -3.12. The van der Waals surface area contributed by atoms with Crippen molar-refractivity contribution in [3.05, 3.63) is 0 Å². The zero-order valence-corrected chi connectivity index (χ0v) is 12.8. The smallest absolute Gasteiger partial charge is 0.217 e. The summed E-state index contributed by atoms with van der Waals surface area (Å²) in [6.07, 6.45) is 4.17.